The number of nitrogens with zero attached hydrogens (tertiary/aromatic N) is 3. The lowest BCUT2D eigenvalue weighted by atomic mass is 10.3. The van der Waals surface area contributed by atoms with Crippen molar-refractivity contribution in [2.45, 2.75) is 4.90 Å². The van der Waals surface area contributed by atoms with Gasteiger partial charge in [-0.05, 0) is 12.1 Å². The molecule has 9 heteroatoms. The highest BCUT2D eigenvalue weighted by Gasteiger charge is 2.23. The fourth-order valence-electron chi connectivity index (χ4n) is 1.74. The minimum Gasteiger partial charge on any atom is -0.476 e. The van der Waals surface area contributed by atoms with Gasteiger partial charge in [0.05, 0.1) is 17.6 Å². The standard InChI is InChI=1S/C12H14N4O4S/c1-15(2)21(19,20)10-6-4-3-5-9(10)16-7-8(13)11(14-16)12(17)18/h3-7H,13H2,1-2H3,(H,17,18). The topological polar surface area (TPSA) is 119 Å². The van der Waals surface area contributed by atoms with Gasteiger partial charge in [-0.1, -0.05) is 12.1 Å². The summed E-state index contributed by atoms with van der Waals surface area (Å²) in [7, 11) is -0.877. The Morgan fingerprint density at radius 2 is 1.95 bits per heavy atom. The number of nitrogens with two attached hydrogens (primary N) is 1. The Bertz CT molecular complexity index is 795. The molecule has 2 rings (SSSR count). The third-order valence-electron chi connectivity index (χ3n) is 2.82. The van der Waals surface area contributed by atoms with Crippen LogP contribution in [0, 0.1) is 0 Å². The van der Waals surface area contributed by atoms with Crippen molar-refractivity contribution >= 4 is 21.7 Å². The molecule has 3 N–H and O–H groups in total. The SMILES string of the molecule is CN(C)S(=O)(=O)c1ccccc1-n1cc(N)c(C(=O)O)n1. The molecule has 0 aliphatic rings. The summed E-state index contributed by atoms with van der Waals surface area (Å²) in [6.45, 7) is 0. The van der Waals surface area contributed by atoms with Crippen LogP contribution in [0.1, 0.15) is 10.5 Å². The molecule has 8 nitrogen and oxygen atoms in total. The lowest BCUT2D eigenvalue weighted by Crippen LogP contribution is -2.23. The average Bonchev–Trinajstić information content (AvgIpc) is 2.80. The number of anilines is 1. The molecule has 0 spiro atoms. The second kappa shape index (κ2) is 5.19. The van der Waals surface area contributed by atoms with Crippen LogP contribution in [0.15, 0.2) is 35.4 Å². The number of hydrogen-bond acceptors (Lipinski definition) is 5. The molecule has 0 atom stereocenters. The van der Waals surface area contributed by atoms with E-state index in [1.807, 2.05) is 0 Å². The van der Waals surface area contributed by atoms with E-state index in [9.17, 15) is 13.2 Å². The molecule has 0 saturated heterocycles. The second-order valence-corrected chi connectivity index (χ2v) is 6.56. The molecule has 2 aromatic rings. The van der Waals surface area contributed by atoms with Gasteiger partial charge >= 0.3 is 5.97 Å². The number of carboxylic acid groups (broad SMARTS) is 1. The van der Waals surface area contributed by atoms with Gasteiger partial charge in [0.25, 0.3) is 0 Å². The van der Waals surface area contributed by atoms with Crippen molar-refractivity contribution in [3.05, 3.63) is 36.2 Å². The maximum atomic E-state index is 12.3. The number of benzene rings is 1. The van der Waals surface area contributed by atoms with Gasteiger partial charge < -0.3 is 10.8 Å². The molecule has 0 amide bonds. The summed E-state index contributed by atoms with van der Waals surface area (Å²) in [5, 5.41) is 12.8. The normalized spacial score (nSPS) is 11.8. The third-order valence-corrected chi connectivity index (χ3v) is 4.68. The van der Waals surface area contributed by atoms with Crippen molar-refractivity contribution in [3.8, 4) is 5.69 Å². The van der Waals surface area contributed by atoms with Crippen molar-refractivity contribution in [3.63, 3.8) is 0 Å². The van der Waals surface area contributed by atoms with Crippen LogP contribution in [0.2, 0.25) is 0 Å². The number of aromatic nitrogens is 2. The van der Waals surface area contributed by atoms with Gasteiger partial charge in [0.15, 0.2) is 5.69 Å². The zero-order chi connectivity index (χ0) is 15.8. The van der Waals surface area contributed by atoms with Crippen LogP contribution in [0.4, 0.5) is 5.69 Å². The monoisotopic (exact) mass is 310 g/mol. The molecule has 0 bridgehead atoms. The zero-order valence-electron chi connectivity index (χ0n) is 11.4. The van der Waals surface area contributed by atoms with Crippen LogP contribution in [0.5, 0.6) is 0 Å². The van der Waals surface area contributed by atoms with Gasteiger partial charge in [0, 0.05) is 14.1 Å². The van der Waals surface area contributed by atoms with Crippen LogP contribution in [-0.2, 0) is 10.0 Å². The lowest BCUT2D eigenvalue weighted by molar-refractivity contribution is 0.0691. The molecule has 1 heterocycles. The Kier molecular flexibility index (Phi) is 3.71. The molecule has 1 aromatic heterocycles. The lowest BCUT2D eigenvalue weighted by Gasteiger charge is -2.14. The van der Waals surface area contributed by atoms with Gasteiger partial charge in [-0.2, -0.15) is 5.10 Å². The number of carbonyl (C=O) groups is 1. The van der Waals surface area contributed by atoms with E-state index in [0.29, 0.717) is 0 Å². The summed E-state index contributed by atoms with van der Waals surface area (Å²) in [5.41, 5.74) is 5.43. The van der Waals surface area contributed by atoms with E-state index in [0.717, 1.165) is 8.99 Å². The smallest absolute Gasteiger partial charge is 0.358 e. The van der Waals surface area contributed by atoms with Crippen molar-refractivity contribution < 1.29 is 18.3 Å². The summed E-state index contributed by atoms with van der Waals surface area (Å²) in [4.78, 5) is 11.0. The predicted octanol–water partition coefficient (Wildman–Crippen LogP) is 0.403. The summed E-state index contributed by atoms with van der Waals surface area (Å²) >= 11 is 0. The molecule has 1 aromatic carbocycles. The number of para-hydroxylation sites is 1. The highest BCUT2D eigenvalue weighted by Crippen LogP contribution is 2.23. The number of rotatable bonds is 4. The molecule has 0 aliphatic heterocycles. The Morgan fingerprint density at radius 1 is 1.33 bits per heavy atom. The molecule has 0 radical (unpaired) electrons. The Balaban J connectivity index is 2.67. The third kappa shape index (κ3) is 2.60. The maximum Gasteiger partial charge on any atom is 0.358 e. The highest BCUT2D eigenvalue weighted by atomic mass is 32.2. The second-order valence-electron chi connectivity index (χ2n) is 4.44. The first-order chi connectivity index (χ1) is 9.75. The Hall–Kier alpha value is -2.39. The largest absolute Gasteiger partial charge is 0.476 e. The van der Waals surface area contributed by atoms with E-state index < -0.39 is 16.0 Å². The van der Waals surface area contributed by atoms with Gasteiger partial charge in [-0.15, -0.1) is 0 Å². The number of sulfonamides is 1. The van der Waals surface area contributed by atoms with Gasteiger partial charge in [-0.25, -0.2) is 22.2 Å². The average molecular weight is 310 g/mol. The number of carboxylic acids is 1. The molecular weight excluding hydrogens is 296 g/mol. The van der Waals surface area contributed by atoms with Gasteiger partial charge in [0.2, 0.25) is 10.0 Å². The van der Waals surface area contributed by atoms with E-state index in [1.54, 1.807) is 12.1 Å². The van der Waals surface area contributed by atoms with Crippen molar-refractivity contribution in [2.75, 3.05) is 19.8 Å². The van der Waals surface area contributed by atoms with Gasteiger partial charge in [0.1, 0.15) is 4.90 Å². The summed E-state index contributed by atoms with van der Waals surface area (Å²) < 4.78 is 26.8. The summed E-state index contributed by atoms with van der Waals surface area (Å²) in [5.74, 6) is -1.28. The maximum absolute atomic E-state index is 12.3. The van der Waals surface area contributed by atoms with Crippen molar-refractivity contribution in [1.82, 2.24) is 14.1 Å². The van der Waals surface area contributed by atoms with Crippen LogP contribution >= 0.6 is 0 Å². The highest BCUT2D eigenvalue weighted by molar-refractivity contribution is 7.89. The van der Waals surface area contributed by atoms with Crippen LogP contribution in [0.3, 0.4) is 0 Å². The number of hydrogen-bond donors (Lipinski definition) is 2. The van der Waals surface area contributed by atoms with Crippen LogP contribution < -0.4 is 5.73 Å². The van der Waals surface area contributed by atoms with Crippen molar-refractivity contribution in [1.29, 1.82) is 0 Å². The van der Waals surface area contributed by atoms with E-state index in [-0.39, 0.29) is 22.0 Å². The fraction of sp³-hybridized carbons (Fsp3) is 0.167. The summed E-state index contributed by atoms with van der Waals surface area (Å²) in [6.07, 6.45) is 1.27. The Labute approximate surface area is 121 Å². The molecule has 0 aliphatic carbocycles. The molecular formula is C12H14N4O4S. The number of nitrogen functional groups attached to an aromatic ring is 1. The first-order valence-electron chi connectivity index (χ1n) is 5.85. The summed E-state index contributed by atoms with van der Waals surface area (Å²) in [6, 6.07) is 6.14. The molecule has 112 valence electrons. The molecule has 0 unspecified atom stereocenters. The van der Waals surface area contributed by atoms with Crippen LogP contribution in [-0.4, -0.2) is 47.7 Å². The van der Waals surface area contributed by atoms with Gasteiger partial charge in [-0.3, -0.25) is 0 Å². The van der Waals surface area contributed by atoms with Crippen LogP contribution in [0.25, 0.3) is 5.69 Å². The Morgan fingerprint density at radius 3 is 2.48 bits per heavy atom. The first kappa shape index (κ1) is 15.0. The fourth-order valence-corrected chi connectivity index (χ4v) is 2.81. The molecule has 0 saturated carbocycles. The molecule has 0 fully saturated rings. The molecule has 21 heavy (non-hydrogen) atoms. The van der Waals surface area contributed by atoms with E-state index >= 15 is 0 Å². The quantitative estimate of drug-likeness (QED) is 0.844. The minimum atomic E-state index is -3.70. The first-order valence-corrected chi connectivity index (χ1v) is 7.29. The van der Waals surface area contributed by atoms with E-state index in [4.69, 9.17) is 10.8 Å². The zero-order valence-corrected chi connectivity index (χ0v) is 12.2. The van der Waals surface area contributed by atoms with E-state index in [2.05, 4.69) is 5.10 Å². The minimum absolute atomic E-state index is 0.00874. The number of aromatic carboxylic acids is 1. The van der Waals surface area contributed by atoms with Crippen molar-refractivity contribution in [2.24, 2.45) is 0 Å². The van der Waals surface area contributed by atoms with E-state index in [1.165, 1.54) is 32.4 Å². The predicted molar refractivity (Wildman–Crippen MR) is 75.8 cm³/mol.